The molecule has 2 atom stereocenters. The van der Waals surface area contributed by atoms with Crippen LogP contribution in [0.3, 0.4) is 0 Å². The van der Waals surface area contributed by atoms with Crippen LogP contribution in [0.2, 0.25) is 0 Å². The van der Waals surface area contributed by atoms with Crippen molar-refractivity contribution in [1.29, 1.82) is 0 Å². The normalized spacial score (nSPS) is 20.8. The lowest BCUT2D eigenvalue weighted by Crippen LogP contribution is -2.29. The van der Waals surface area contributed by atoms with Crippen LogP contribution < -0.4 is 14.4 Å². The van der Waals surface area contributed by atoms with Crippen molar-refractivity contribution in [2.24, 2.45) is 0 Å². The fraction of sp³-hybridized carbons (Fsp3) is 0.192. The molecule has 2 aliphatic heterocycles. The van der Waals surface area contributed by atoms with E-state index in [1.165, 1.54) is 16.2 Å². The molecule has 1 aromatic heterocycles. The largest absolute Gasteiger partial charge is 0.507 e. The molecule has 3 aromatic rings. The third-order valence-corrected chi connectivity index (χ3v) is 6.57. The average molecular weight is 475 g/mol. The molecule has 7 nitrogen and oxygen atoms in total. The summed E-state index contributed by atoms with van der Waals surface area (Å²) in [5.41, 5.74) is 2.09. The number of Topliss-reactive ketones (excluding diaryl/α,β-unsaturated/α-hetero) is 1. The van der Waals surface area contributed by atoms with E-state index in [1.54, 1.807) is 54.1 Å². The maximum absolute atomic E-state index is 13.2. The van der Waals surface area contributed by atoms with Crippen LogP contribution in [0.1, 0.15) is 29.7 Å². The SMILES string of the molecule is C=CCOc1ccc(C2/C(=C(\O)c3ccc4c(c3)CC(C)O4)C(=O)C(=O)N2c2nccs2)cc1. The summed E-state index contributed by atoms with van der Waals surface area (Å²) >= 11 is 1.25. The molecule has 2 aromatic carbocycles. The number of nitrogens with zero attached hydrogens (tertiary/aromatic N) is 2. The molecule has 2 unspecified atom stereocenters. The molecule has 0 radical (unpaired) electrons. The Morgan fingerprint density at radius 1 is 1.29 bits per heavy atom. The van der Waals surface area contributed by atoms with Gasteiger partial charge in [0.05, 0.1) is 11.6 Å². The van der Waals surface area contributed by atoms with Crippen LogP contribution in [0.5, 0.6) is 11.5 Å². The molecule has 1 N–H and O–H groups in total. The van der Waals surface area contributed by atoms with Gasteiger partial charge >= 0.3 is 5.91 Å². The van der Waals surface area contributed by atoms with Gasteiger partial charge in [-0.25, -0.2) is 4.98 Å². The summed E-state index contributed by atoms with van der Waals surface area (Å²) in [5, 5.41) is 13.4. The minimum Gasteiger partial charge on any atom is -0.507 e. The maximum atomic E-state index is 13.2. The van der Waals surface area contributed by atoms with Crippen LogP contribution in [-0.4, -0.2) is 34.5 Å². The topological polar surface area (TPSA) is 89.0 Å². The van der Waals surface area contributed by atoms with Gasteiger partial charge in [-0.2, -0.15) is 0 Å². The van der Waals surface area contributed by atoms with Crippen LogP contribution in [0.25, 0.3) is 5.76 Å². The number of hydrogen-bond donors (Lipinski definition) is 1. The molecule has 8 heteroatoms. The van der Waals surface area contributed by atoms with Crippen LogP contribution in [-0.2, 0) is 16.0 Å². The van der Waals surface area contributed by atoms with Crippen molar-refractivity contribution in [3.8, 4) is 11.5 Å². The number of aliphatic hydroxyl groups is 1. The second kappa shape index (κ2) is 8.79. The number of rotatable bonds is 6. The number of carbonyl (C=O) groups is 2. The summed E-state index contributed by atoms with van der Waals surface area (Å²) in [6.07, 6.45) is 3.97. The molecule has 1 fully saturated rings. The molecule has 3 heterocycles. The Kier molecular flexibility index (Phi) is 5.67. The first-order chi connectivity index (χ1) is 16.5. The van der Waals surface area contributed by atoms with Crippen molar-refractivity contribution >= 4 is 33.9 Å². The van der Waals surface area contributed by atoms with Crippen molar-refractivity contribution in [2.75, 3.05) is 11.5 Å². The van der Waals surface area contributed by atoms with Crippen LogP contribution in [0.4, 0.5) is 5.13 Å². The molecule has 0 aliphatic carbocycles. The van der Waals surface area contributed by atoms with Crippen LogP contribution >= 0.6 is 11.3 Å². The Labute approximate surface area is 200 Å². The number of anilines is 1. The van der Waals surface area contributed by atoms with Crippen LogP contribution in [0, 0.1) is 0 Å². The zero-order valence-corrected chi connectivity index (χ0v) is 19.2. The van der Waals surface area contributed by atoms with Gasteiger partial charge in [0.2, 0.25) is 0 Å². The van der Waals surface area contributed by atoms with Gasteiger partial charge in [-0.15, -0.1) is 11.3 Å². The van der Waals surface area contributed by atoms with E-state index in [-0.39, 0.29) is 17.4 Å². The highest BCUT2D eigenvalue weighted by molar-refractivity contribution is 7.14. The molecule has 34 heavy (non-hydrogen) atoms. The highest BCUT2D eigenvalue weighted by atomic mass is 32.1. The number of hydrogen-bond acceptors (Lipinski definition) is 7. The molecule has 0 spiro atoms. The first-order valence-electron chi connectivity index (χ1n) is 10.8. The monoisotopic (exact) mass is 474 g/mol. The minimum absolute atomic E-state index is 0.0203. The van der Waals surface area contributed by atoms with Crippen LogP contribution in [0.15, 0.2) is 72.3 Å². The highest BCUT2D eigenvalue weighted by Gasteiger charge is 2.48. The lowest BCUT2D eigenvalue weighted by molar-refractivity contribution is -0.132. The number of fused-ring (bicyclic) bond motifs is 1. The number of carbonyl (C=O) groups excluding carboxylic acids is 2. The molecule has 0 saturated carbocycles. The maximum Gasteiger partial charge on any atom is 0.301 e. The van der Waals surface area contributed by atoms with E-state index in [4.69, 9.17) is 9.47 Å². The Morgan fingerprint density at radius 2 is 2.09 bits per heavy atom. The molecule has 172 valence electrons. The van der Waals surface area contributed by atoms with Gasteiger partial charge in [0.1, 0.15) is 30.0 Å². The van der Waals surface area contributed by atoms with Crippen molar-refractivity contribution in [3.05, 3.63) is 89.0 Å². The summed E-state index contributed by atoms with van der Waals surface area (Å²) in [4.78, 5) is 31.9. The van der Waals surface area contributed by atoms with Crippen molar-refractivity contribution in [2.45, 2.75) is 25.5 Å². The van der Waals surface area contributed by atoms with Gasteiger partial charge in [-0.3, -0.25) is 14.5 Å². The summed E-state index contributed by atoms with van der Waals surface area (Å²) in [6, 6.07) is 11.5. The number of thiazole rings is 1. The van der Waals surface area contributed by atoms with Gasteiger partial charge in [-0.1, -0.05) is 24.8 Å². The Morgan fingerprint density at radius 3 is 2.79 bits per heavy atom. The fourth-order valence-corrected chi connectivity index (χ4v) is 4.97. The zero-order chi connectivity index (χ0) is 23.8. The van der Waals surface area contributed by atoms with Gasteiger partial charge in [0.25, 0.3) is 5.78 Å². The molecular formula is C26H22N2O5S. The smallest absolute Gasteiger partial charge is 0.301 e. The number of amides is 1. The predicted octanol–water partition coefficient (Wildman–Crippen LogP) is 4.66. The third kappa shape index (κ3) is 3.76. The van der Waals surface area contributed by atoms with Gasteiger partial charge in [-0.05, 0) is 48.4 Å². The molecule has 5 rings (SSSR count). The standard InChI is InChI=1S/C26H22N2O5S/c1-3-11-32-19-7-4-16(5-8-19)22-21(24(30)25(31)28(22)26-27-10-12-34-26)23(29)17-6-9-20-18(14-17)13-15(2)33-20/h3-10,12,14-15,22,29H,1,11,13H2,2H3/b23-21+. The summed E-state index contributed by atoms with van der Waals surface area (Å²) < 4.78 is 11.3. The summed E-state index contributed by atoms with van der Waals surface area (Å²) in [6.45, 7) is 5.97. The van der Waals surface area contributed by atoms with E-state index in [9.17, 15) is 14.7 Å². The Hall–Kier alpha value is -3.91. The van der Waals surface area contributed by atoms with Gasteiger partial charge in [0, 0.05) is 23.6 Å². The second-order valence-electron chi connectivity index (χ2n) is 8.11. The number of aromatic nitrogens is 1. The first kappa shape index (κ1) is 21.9. The van der Waals surface area contributed by atoms with E-state index in [1.807, 2.05) is 13.0 Å². The zero-order valence-electron chi connectivity index (χ0n) is 18.4. The van der Waals surface area contributed by atoms with E-state index >= 15 is 0 Å². The third-order valence-electron chi connectivity index (χ3n) is 5.80. The lowest BCUT2D eigenvalue weighted by atomic mass is 9.94. The summed E-state index contributed by atoms with van der Waals surface area (Å²) in [5.74, 6) is -0.320. The highest BCUT2D eigenvalue weighted by Crippen LogP contribution is 2.43. The Balaban J connectivity index is 1.62. The molecular weight excluding hydrogens is 452 g/mol. The van der Waals surface area contributed by atoms with E-state index in [0.29, 0.717) is 35.0 Å². The minimum atomic E-state index is -0.831. The lowest BCUT2D eigenvalue weighted by Gasteiger charge is -2.23. The number of ether oxygens (including phenoxy) is 2. The fourth-order valence-electron chi connectivity index (χ4n) is 4.31. The molecule has 2 aliphatic rings. The van der Waals surface area contributed by atoms with Crippen molar-refractivity contribution < 1.29 is 24.2 Å². The van der Waals surface area contributed by atoms with Gasteiger partial charge < -0.3 is 14.6 Å². The van der Waals surface area contributed by atoms with Gasteiger partial charge in [0.15, 0.2) is 5.13 Å². The van der Waals surface area contributed by atoms with Crippen molar-refractivity contribution in [3.63, 3.8) is 0 Å². The van der Waals surface area contributed by atoms with E-state index < -0.39 is 17.7 Å². The number of ketones is 1. The predicted molar refractivity (Wildman–Crippen MR) is 129 cm³/mol. The average Bonchev–Trinajstić information content (AvgIpc) is 3.55. The van der Waals surface area contributed by atoms with E-state index in [2.05, 4.69) is 11.6 Å². The quantitative estimate of drug-likeness (QED) is 0.242. The van der Waals surface area contributed by atoms with Crippen molar-refractivity contribution in [1.82, 2.24) is 4.98 Å². The summed E-state index contributed by atoms with van der Waals surface area (Å²) in [7, 11) is 0. The Bertz CT molecular complexity index is 1300. The van der Waals surface area contributed by atoms with E-state index in [0.717, 1.165) is 11.3 Å². The number of benzene rings is 2. The first-order valence-corrected chi connectivity index (χ1v) is 11.7. The second-order valence-corrected chi connectivity index (χ2v) is 8.98. The molecule has 1 amide bonds. The number of aliphatic hydroxyl groups excluding tert-OH is 1. The molecule has 1 saturated heterocycles. The molecule has 0 bridgehead atoms.